The van der Waals surface area contributed by atoms with Crippen molar-refractivity contribution in [2.75, 3.05) is 19.6 Å². The van der Waals surface area contributed by atoms with Crippen LogP contribution in [0.15, 0.2) is 0 Å². The molecule has 1 rings (SSSR count). The molecule has 0 saturated carbocycles. The van der Waals surface area contributed by atoms with Crippen LogP contribution >= 0.6 is 0 Å². The minimum atomic E-state index is -3.36. The average molecular weight is 235 g/mol. The Bertz CT molecular complexity index is 313. The molecule has 90 valence electrons. The summed E-state index contributed by atoms with van der Waals surface area (Å²) in [6, 6.07) is 0. The van der Waals surface area contributed by atoms with Crippen molar-refractivity contribution < 1.29 is 8.42 Å². The monoisotopic (exact) mass is 235 g/mol. The minimum Gasteiger partial charge on any atom is -0.329 e. The van der Waals surface area contributed by atoms with Gasteiger partial charge in [-0.3, -0.25) is 0 Å². The molecule has 0 spiro atoms. The quantitative estimate of drug-likeness (QED) is 0.714. The first-order valence-corrected chi connectivity index (χ1v) is 6.70. The van der Waals surface area contributed by atoms with Crippen LogP contribution < -0.4 is 10.5 Å². The number of nitrogens with one attached hydrogen (secondary N) is 1. The van der Waals surface area contributed by atoms with E-state index < -0.39 is 15.7 Å². The van der Waals surface area contributed by atoms with Gasteiger partial charge in [0.05, 0.1) is 0 Å². The zero-order valence-corrected chi connectivity index (χ0v) is 10.5. The second-order valence-corrected chi connectivity index (χ2v) is 6.62. The first kappa shape index (κ1) is 12.9. The zero-order chi connectivity index (χ0) is 11.7. The van der Waals surface area contributed by atoms with Crippen LogP contribution in [0.5, 0.6) is 0 Å². The van der Waals surface area contributed by atoms with Crippen molar-refractivity contribution in [3.8, 4) is 0 Å². The van der Waals surface area contributed by atoms with Gasteiger partial charge in [-0.25, -0.2) is 0 Å². The second-order valence-electron chi connectivity index (χ2n) is 4.95. The molecule has 0 bridgehead atoms. The molecule has 0 aromatic carbocycles. The fraction of sp³-hybridized carbons (Fsp3) is 1.00. The SMILES string of the molecule is CC1CCN(S(=O)(=O)NC(C)(C)CN)C1. The van der Waals surface area contributed by atoms with Crippen molar-refractivity contribution >= 4 is 10.2 Å². The lowest BCUT2D eigenvalue weighted by molar-refractivity contribution is 0.409. The maximum Gasteiger partial charge on any atom is 0.279 e. The van der Waals surface area contributed by atoms with Crippen LogP contribution in [0.25, 0.3) is 0 Å². The lowest BCUT2D eigenvalue weighted by Crippen LogP contribution is -2.53. The highest BCUT2D eigenvalue weighted by molar-refractivity contribution is 7.87. The Morgan fingerprint density at radius 2 is 2.13 bits per heavy atom. The van der Waals surface area contributed by atoms with Crippen LogP contribution in [0.2, 0.25) is 0 Å². The third kappa shape index (κ3) is 3.41. The van der Waals surface area contributed by atoms with Crippen molar-refractivity contribution in [2.45, 2.75) is 32.7 Å². The van der Waals surface area contributed by atoms with Gasteiger partial charge < -0.3 is 5.73 Å². The highest BCUT2D eigenvalue weighted by Gasteiger charge is 2.32. The molecule has 0 radical (unpaired) electrons. The third-order valence-electron chi connectivity index (χ3n) is 2.64. The molecular weight excluding hydrogens is 214 g/mol. The van der Waals surface area contributed by atoms with Gasteiger partial charge in [0, 0.05) is 25.2 Å². The lowest BCUT2D eigenvalue weighted by atomic mass is 10.1. The van der Waals surface area contributed by atoms with Crippen molar-refractivity contribution in [1.29, 1.82) is 0 Å². The smallest absolute Gasteiger partial charge is 0.279 e. The molecule has 0 aliphatic carbocycles. The first-order valence-electron chi connectivity index (χ1n) is 5.26. The van der Waals surface area contributed by atoms with Gasteiger partial charge in [0.15, 0.2) is 0 Å². The summed E-state index contributed by atoms with van der Waals surface area (Å²) < 4.78 is 27.9. The highest BCUT2D eigenvalue weighted by atomic mass is 32.2. The van der Waals surface area contributed by atoms with Crippen molar-refractivity contribution in [3.63, 3.8) is 0 Å². The molecule has 6 heteroatoms. The van der Waals surface area contributed by atoms with Gasteiger partial charge in [-0.05, 0) is 26.2 Å². The molecule has 1 aliphatic rings. The topological polar surface area (TPSA) is 75.4 Å². The Morgan fingerprint density at radius 3 is 2.53 bits per heavy atom. The number of hydrogen-bond acceptors (Lipinski definition) is 3. The molecular formula is C9H21N3O2S. The molecule has 0 aromatic heterocycles. The number of rotatable bonds is 4. The van der Waals surface area contributed by atoms with E-state index in [2.05, 4.69) is 11.6 Å². The summed E-state index contributed by atoms with van der Waals surface area (Å²) in [5.74, 6) is 0.447. The van der Waals surface area contributed by atoms with Crippen LogP contribution in [0.3, 0.4) is 0 Å². The van der Waals surface area contributed by atoms with E-state index in [4.69, 9.17) is 5.73 Å². The van der Waals surface area contributed by atoms with Crippen molar-refractivity contribution in [2.24, 2.45) is 11.7 Å². The van der Waals surface area contributed by atoms with Crippen molar-refractivity contribution in [1.82, 2.24) is 9.03 Å². The molecule has 15 heavy (non-hydrogen) atoms. The van der Waals surface area contributed by atoms with E-state index in [9.17, 15) is 8.42 Å². The fourth-order valence-corrected chi connectivity index (χ4v) is 3.28. The lowest BCUT2D eigenvalue weighted by Gasteiger charge is -2.27. The van der Waals surface area contributed by atoms with E-state index in [1.54, 1.807) is 13.8 Å². The largest absolute Gasteiger partial charge is 0.329 e. The van der Waals surface area contributed by atoms with Crippen LogP contribution in [0.1, 0.15) is 27.2 Å². The van der Waals surface area contributed by atoms with Gasteiger partial charge in [-0.15, -0.1) is 0 Å². The molecule has 1 saturated heterocycles. The molecule has 1 heterocycles. The normalized spacial score (nSPS) is 24.7. The van der Waals surface area contributed by atoms with Gasteiger partial charge in [0.25, 0.3) is 10.2 Å². The predicted molar refractivity (Wildman–Crippen MR) is 60.5 cm³/mol. The fourth-order valence-electron chi connectivity index (χ4n) is 1.57. The van der Waals surface area contributed by atoms with Crippen LogP contribution in [-0.2, 0) is 10.2 Å². The Labute approximate surface area is 92.2 Å². The molecule has 0 amide bonds. The van der Waals surface area contributed by atoms with E-state index in [0.717, 1.165) is 6.42 Å². The average Bonchev–Trinajstić information content (AvgIpc) is 2.51. The molecule has 1 aliphatic heterocycles. The highest BCUT2D eigenvalue weighted by Crippen LogP contribution is 2.18. The van der Waals surface area contributed by atoms with Crippen LogP contribution in [0.4, 0.5) is 0 Å². The van der Waals surface area contributed by atoms with Gasteiger partial charge >= 0.3 is 0 Å². The molecule has 3 N–H and O–H groups in total. The zero-order valence-electron chi connectivity index (χ0n) is 9.66. The number of nitrogens with two attached hydrogens (primary N) is 1. The molecule has 5 nitrogen and oxygen atoms in total. The second kappa shape index (κ2) is 4.37. The standard InChI is InChI=1S/C9H21N3O2S/c1-8-4-5-12(6-8)15(13,14)11-9(2,3)7-10/h8,11H,4-7,10H2,1-3H3. The van der Waals surface area contributed by atoms with Crippen LogP contribution in [0, 0.1) is 5.92 Å². The molecule has 1 unspecified atom stereocenters. The number of nitrogens with zero attached hydrogens (tertiary/aromatic N) is 1. The van der Waals surface area contributed by atoms with Crippen LogP contribution in [-0.4, -0.2) is 37.9 Å². The Balaban J connectivity index is 2.68. The van der Waals surface area contributed by atoms with Gasteiger partial charge in [-0.2, -0.15) is 17.4 Å². The van der Waals surface area contributed by atoms with E-state index >= 15 is 0 Å². The van der Waals surface area contributed by atoms with Crippen molar-refractivity contribution in [3.05, 3.63) is 0 Å². The maximum absolute atomic E-state index is 11.9. The number of hydrogen-bond donors (Lipinski definition) is 2. The third-order valence-corrected chi connectivity index (χ3v) is 4.46. The van der Waals surface area contributed by atoms with E-state index in [1.807, 2.05) is 0 Å². The predicted octanol–water partition coefficient (Wildman–Crippen LogP) is -0.100. The Hall–Kier alpha value is -0.170. The molecule has 1 fully saturated rings. The minimum absolute atomic E-state index is 0.287. The summed E-state index contributed by atoms with van der Waals surface area (Å²) in [5.41, 5.74) is 4.92. The van der Waals surface area contributed by atoms with E-state index in [0.29, 0.717) is 19.0 Å². The Morgan fingerprint density at radius 1 is 1.53 bits per heavy atom. The summed E-state index contributed by atoms with van der Waals surface area (Å²) >= 11 is 0. The summed E-state index contributed by atoms with van der Waals surface area (Å²) in [4.78, 5) is 0. The molecule has 1 atom stereocenters. The maximum atomic E-state index is 11.9. The summed E-state index contributed by atoms with van der Waals surface area (Å²) in [6.45, 7) is 7.13. The van der Waals surface area contributed by atoms with Gasteiger partial charge in [0.2, 0.25) is 0 Å². The van der Waals surface area contributed by atoms with E-state index in [1.165, 1.54) is 4.31 Å². The van der Waals surface area contributed by atoms with Gasteiger partial charge in [-0.1, -0.05) is 6.92 Å². The Kier molecular flexibility index (Phi) is 3.76. The first-order chi connectivity index (χ1) is 6.77. The van der Waals surface area contributed by atoms with E-state index in [-0.39, 0.29) is 6.54 Å². The summed E-state index contributed by atoms with van der Waals surface area (Å²) in [6.07, 6.45) is 0.934. The molecule has 0 aromatic rings. The summed E-state index contributed by atoms with van der Waals surface area (Å²) in [7, 11) is -3.36. The van der Waals surface area contributed by atoms with Gasteiger partial charge in [0.1, 0.15) is 0 Å². The summed E-state index contributed by atoms with van der Waals surface area (Å²) in [5, 5.41) is 0.